The van der Waals surface area contributed by atoms with Gasteiger partial charge in [0.15, 0.2) is 0 Å². The number of hydrogen-bond donors (Lipinski definition) is 2. The number of carbonyl (C=O) groups excluding carboxylic acids is 1. The maximum atomic E-state index is 13.0. The zero-order chi connectivity index (χ0) is 20.9. The molecule has 1 atom stereocenters. The zero-order valence-corrected chi connectivity index (χ0v) is 16.9. The quantitative estimate of drug-likeness (QED) is 0.458. The summed E-state index contributed by atoms with van der Waals surface area (Å²) in [5.41, 5.74) is 3.74. The number of rotatable bonds is 6. The lowest BCUT2D eigenvalue weighted by Crippen LogP contribution is -2.29. The van der Waals surface area contributed by atoms with Gasteiger partial charge in [-0.2, -0.15) is 0 Å². The number of carbonyl (C=O) groups is 1. The molecule has 0 saturated carbocycles. The van der Waals surface area contributed by atoms with Crippen LogP contribution in [-0.2, 0) is 11.2 Å². The molecule has 0 radical (unpaired) electrons. The predicted molar refractivity (Wildman–Crippen MR) is 120 cm³/mol. The van der Waals surface area contributed by atoms with Gasteiger partial charge in [0.1, 0.15) is 11.4 Å². The Morgan fingerprint density at radius 2 is 1.57 bits per heavy atom. The van der Waals surface area contributed by atoms with E-state index in [1.807, 2.05) is 91.9 Å². The number of fused-ring (bicyclic) bond motifs is 1. The van der Waals surface area contributed by atoms with Gasteiger partial charge in [0.2, 0.25) is 5.91 Å². The lowest BCUT2D eigenvalue weighted by Gasteiger charge is -2.19. The van der Waals surface area contributed by atoms with E-state index in [9.17, 15) is 9.90 Å². The Labute approximate surface area is 176 Å². The third-order valence-corrected chi connectivity index (χ3v) is 5.30. The van der Waals surface area contributed by atoms with Gasteiger partial charge >= 0.3 is 0 Å². The molecule has 0 bridgehead atoms. The second kappa shape index (κ2) is 8.78. The van der Waals surface area contributed by atoms with E-state index < -0.39 is 0 Å². The molecule has 0 saturated heterocycles. The average Bonchev–Trinajstić information content (AvgIpc) is 2.80. The van der Waals surface area contributed by atoms with Gasteiger partial charge < -0.3 is 10.4 Å². The standard InChI is InChI=1S/C26H24N2O2/c1-2-22(18-11-5-3-6-12-18)27-24(29)17-21-20-15-9-10-16-23(20)28-25(26(21)30)19-13-7-4-8-14-19/h3-16,22,30H,2,17H2,1H3,(H,27,29). The van der Waals surface area contributed by atoms with Crippen LogP contribution in [-0.4, -0.2) is 16.0 Å². The molecule has 0 fully saturated rings. The Balaban J connectivity index is 1.69. The minimum atomic E-state index is -0.128. The number of amides is 1. The zero-order valence-electron chi connectivity index (χ0n) is 16.9. The van der Waals surface area contributed by atoms with Crippen LogP contribution in [0.1, 0.15) is 30.5 Å². The van der Waals surface area contributed by atoms with Gasteiger partial charge in [-0.25, -0.2) is 4.98 Å². The van der Waals surface area contributed by atoms with Gasteiger partial charge in [0, 0.05) is 16.5 Å². The van der Waals surface area contributed by atoms with Crippen LogP contribution >= 0.6 is 0 Å². The van der Waals surface area contributed by atoms with E-state index in [-0.39, 0.29) is 24.1 Å². The summed E-state index contributed by atoms with van der Waals surface area (Å²) in [5.74, 6) is -0.0702. The molecule has 4 nitrogen and oxygen atoms in total. The summed E-state index contributed by atoms with van der Waals surface area (Å²) in [6.07, 6.45) is 0.867. The number of benzene rings is 3. The van der Waals surface area contributed by atoms with Crippen molar-refractivity contribution in [1.29, 1.82) is 0 Å². The lowest BCUT2D eigenvalue weighted by molar-refractivity contribution is -0.121. The highest BCUT2D eigenvalue weighted by Gasteiger charge is 2.20. The molecule has 0 aliphatic heterocycles. The second-order valence-corrected chi connectivity index (χ2v) is 7.29. The Kier molecular flexibility index (Phi) is 5.75. The molecule has 2 N–H and O–H groups in total. The van der Waals surface area contributed by atoms with Gasteiger partial charge in [-0.05, 0) is 18.1 Å². The highest BCUT2D eigenvalue weighted by molar-refractivity contribution is 5.93. The minimum absolute atomic E-state index is 0.0582. The summed E-state index contributed by atoms with van der Waals surface area (Å²) in [6.45, 7) is 2.05. The first kappa shape index (κ1) is 19.6. The molecular weight excluding hydrogens is 372 g/mol. The number of pyridine rings is 1. The highest BCUT2D eigenvalue weighted by Crippen LogP contribution is 2.35. The summed E-state index contributed by atoms with van der Waals surface area (Å²) in [7, 11) is 0. The van der Waals surface area contributed by atoms with Crippen molar-refractivity contribution in [2.45, 2.75) is 25.8 Å². The number of aromatic nitrogens is 1. The van der Waals surface area contributed by atoms with E-state index in [1.54, 1.807) is 0 Å². The van der Waals surface area contributed by atoms with Gasteiger partial charge in [-0.15, -0.1) is 0 Å². The van der Waals surface area contributed by atoms with Crippen molar-refractivity contribution in [3.8, 4) is 17.0 Å². The maximum Gasteiger partial charge on any atom is 0.225 e. The third kappa shape index (κ3) is 4.03. The highest BCUT2D eigenvalue weighted by atomic mass is 16.3. The molecule has 1 aromatic heterocycles. The van der Waals surface area contributed by atoms with Crippen LogP contribution < -0.4 is 5.32 Å². The lowest BCUT2D eigenvalue weighted by atomic mass is 9.99. The summed E-state index contributed by atoms with van der Waals surface area (Å²) < 4.78 is 0. The van der Waals surface area contributed by atoms with Crippen molar-refractivity contribution in [2.75, 3.05) is 0 Å². The number of nitrogens with one attached hydrogen (secondary N) is 1. The van der Waals surface area contributed by atoms with Gasteiger partial charge in [0.05, 0.1) is 18.0 Å². The summed E-state index contributed by atoms with van der Waals surface area (Å²) >= 11 is 0. The van der Waals surface area contributed by atoms with E-state index in [2.05, 4.69) is 10.3 Å². The molecule has 3 aromatic carbocycles. The Morgan fingerprint density at radius 3 is 2.27 bits per heavy atom. The molecule has 1 amide bonds. The number of nitrogens with zero attached hydrogens (tertiary/aromatic N) is 1. The van der Waals surface area contributed by atoms with Crippen LogP contribution in [0, 0.1) is 0 Å². The number of aromatic hydroxyl groups is 1. The molecule has 4 heteroatoms. The Bertz CT molecular complexity index is 1160. The van der Waals surface area contributed by atoms with Crippen molar-refractivity contribution < 1.29 is 9.90 Å². The van der Waals surface area contributed by atoms with Crippen LogP contribution in [0.5, 0.6) is 5.75 Å². The predicted octanol–water partition coefficient (Wildman–Crippen LogP) is 5.42. The molecule has 4 rings (SSSR count). The van der Waals surface area contributed by atoms with Crippen molar-refractivity contribution >= 4 is 16.8 Å². The van der Waals surface area contributed by atoms with Crippen LogP contribution in [0.3, 0.4) is 0 Å². The fourth-order valence-corrected chi connectivity index (χ4v) is 3.76. The largest absolute Gasteiger partial charge is 0.505 e. The summed E-state index contributed by atoms with van der Waals surface area (Å²) in [4.78, 5) is 17.6. The molecule has 30 heavy (non-hydrogen) atoms. The maximum absolute atomic E-state index is 13.0. The van der Waals surface area contributed by atoms with Crippen LogP contribution in [0.15, 0.2) is 84.9 Å². The molecule has 1 heterocycles. The molecule has 150 valence electrons. The van der Waals surface area contributed by atoms with Gasteiger partial charge in [-0.3, -0.25) is 4.79 Å². The minimum Gasteiger partial charge on any atom is -0.505 e. The molecular formula is C26H24N2O2. The van der Waals surface area contributed by atoms with Crippen molar-refractivity contribution in [3.05, 3.63) is 96.1 Å². The fourth-order valence-electron chi connectivity index (χ4n) is 3.76. The molecule has 4 aromatic rings. The smallest absolute Gasteiger partial charge is 0.225 e. The molecule has 0 aliphatic carbocycles. The number of para-hydroxylation sites is 1. The van der Waals surface area contributed by atoms with Crippen LogP contribution in [0.4, 0.5) is 0 Å². The van der Waals surface area contributed by atoms with Gasteiger partial charge in [0.25, 0.3) is 0 Å². The van der Waals surface area contributed by atoms with E-state index >= 15 is 0 Å². The normalized spacial score (nSPS) is 11.9. The second-order valence-electron chi connectivity index (χ2n) is 7.29. The topological polar surface area (TPSA) is 62.2 Å². The van der Waals surface area contributed by atoms with Crippen molar-refractivity contribution in [1.82, 2.24) is 10.3 Å². The molecule has 1 unspecified atom stereocenters. The van der Waals surface area contributed by atoms with Gasteiger partial charge in [-0.1, -0.05) is 85.8 Å². The first-order valence-electron chi connectivity index (χ1n) is 10.2. The van der Waals surface area contributed by atoms with E-state index in [0.29, 0.717) is 11.3 Å². The SMILES string of the molecule is CCC(NC(=O)Cc1c(O)c(-c2ccccc2)nc2ccccc12)c1ccccc1. The van der Waals surface area contributed by atoms with E-state index in [0.717, 1.165) is 28.5 Å². The molecule has 0 aliphatic rings. The Morgan fingerprint density at radius 1 is 0.933 bits per heavy atom. The number of hydrogen-bond acceptors (Lipinski definition) is 3. The van der Waals surface area contributed by atoms with Crippen LogP contribution in [0.2, 0.25) is 0 Å². The molecule has 0 spiro atoms. The third-order valence-electron chi connectivity index (χ3n) is 5.30. The van der Waals surface area contributed by atoms with E-state index in [1.165, 1.54) is 0 Å². The average molecular weight is 396 g/mol. The summed E-state index contributed by atoms with van der Waals surface area (Å²) in [6, 6.07) is 27.0. The fraction of sp³-hybridized carbons (Fsp3) is 0.154. The first-order valence-corrected chi connectivity index (χ1v) is 10.2. The van der Waals surface area contributed by atoms with Crippen molar-refractivity contribution in [3.63, 3.8) is 0 Å². The van der Waals surface area contributed by atoms with Crippen molar-refractivity contribution in [2.24, 2.45) is 0 Å². The summed E-state index contributed by atoms with van der Waals surface area (Å²) in [5, 5.41) is 15.0. The first-order chi connectivity index (χ1) is 14.7. The Hall–Kier alpha value is -3.66. The van der Waals surface area contributed by atoms with Crippen LogP contribution in [0.25, 0.3) is 22.2 Å². The monoisotopic (exact) mass is 396 g/mol. The van der Waals surface area contributed by atoms with E-state index in [4.69, 9.17) is 0 Å².